The number of ketones is 1. The highest BCUT2D eigenvalue weighted by Gasteiger charge is 2.40. The summed E-state index contributed by atoms with van der Waals surface area (Å²) in [7, 11) is 5.66. The number of anilines is 4. The Bertz CT molecular complexity index is 2530. The van der Waals surface area contributed by atoms with Crippen molar-refractivity contribution in [3.05, 3.63) is 136 Å². The molecule has 4 aliphatic heterocycles. The van der Waals surface area contributed by atoms with Gasteiger partial charge in [-0.15, -0.1) is 0 Å². The van der Waals surface area contributed by atoms with Crippen LogP contribution in [-0.4, -0.2) is 64.0 Å². The molecule has 0 saturated carbocycles. The monoisotopic (exact) mass is 804 g/mol. The molecule has 0 saturated heterocycles. The molecule has 60 heavy (non-hydrogen) atoms. The van der Waals surface area contributed by atoms with Gasteiger partial charge in [-0.25, -0.2) is 0 Å². The zero-order chi connectivity index (χ0) is 41.8. The third-order valence-corrected chi connectivity index (χ3v) is 12.6. The Hall–Kier alpha value is -6.29. The molecule has 2 amide bonds. The molecule has 2 atom stereocenters. The first kappa shape index (κ1) is 39.2. The highest BCUT2D eigenvalue weighted by atomic mass is 16.5. The highest BCUT2D eigenvalue weighted by molar-refractivity contribution is 6.13. The SMILES string of the molecule is COc1cc2c(cc1OCc1cc(CCC(=O)C(C)C)cc(COc3cc4c(cc3C)C(=O)N3c5ccccc5C[C@H]3CN4C)c1)N(C)C[C@@H]1Cc3ccccc3N1C2=O. The average Bonchev–Trinajstić information content (AvgIpc) is 3.75. The molecule has 0 aliphatic carbocycles. The number of methoxy groups -OCH3 is 1. The smallest absolute Gasteiger partial charge is 0.260 e. The molecule has 10 heteroatoms. The van der Waals surface area contributed by atoms with Gasteiger partial charge in [0.2, 0.25) is 0 Å². The largest absolute Gasteiger partial charge is 0.493 e. The van der Waals surface area contributed by atoms with Crippen molar-refractivity contribution in [2.24, 2.45) is 5.92 Å². The summed E-state index contributed by atoms with van der Waals surface area (Å²) >= 11 is 0. The lowest BCUT2D eigenvalue weighted by atomic mass is 9.98. The van der Waals surface area contributed by atoms with Gasteiger partial charge >= 0.3 is 0 Å². The number of hydrogen-bond acceptors (Lipinski definition) is 8. The van der Waals surface area contributed by atoms with Crippen molar-refractivity contribution in [1.82, 2.24) is 0 Å². The lowest BCUT2D eigenvalue weighted by Crippen LogP contribution is -2.41. The Balaban J connectivity index is 0.969. The summed E-state index contributed by atoms with van der Waals surface area (Å²) in [6, 6.07) is 30.4. The van der Waals surface area contributed by atoms with E-state index in [2.05, 4.69) is 40.1 Å². The number of hydrogen-bond donors (Lipinski definition) is 0. The van der Waals surface area contributed by atoms with Crippen molar-refractivity contribution in [2.45, 2.75) is 71.8 Å². The van der Waals surface area contributed by atoms with E-state index in [4.69, 9.17) is 14.2 Å². The van der Waals surface area contributed by atoms with Crippen LogP contribution in [0.2, 0.25) is 0 Å². The summed E-state index contributed by atoms with van der Waals surface area (Å²) in [6.45, 7) is 7.77. The van der Waals surface area contributed by atoms with Crippen LogP contribution in [0.1, 0.15) is 74.4 Å². The fraction of sp³-hybridized carbons (Fsp3) is 0.340. The van der Waals surface area contributed by atoms with Crippen LogP contribution in [0, 0.1) is 12.8 Å². The van der Waals surface area contributed by atoms with Crippen LogP contribution in [-0.2, 0) is 37.3 Å². The minimum Gasteiger partial charge on any atom is -0.493 e. The first-order valence-corrected chi connectivity index (χ1v) is 21.0. The maximum atomic E-state index is 14.1. The topological polar surface area (TPSA) is 91.9 Å². The minimum absolute atomic E-state index is 0.0164. The van der Waals surface area contributed by atoms with Gasteiger partial charge in [0.15, 0.2) is 11.5 Å². The second kappa shape index (κ2) is 15.7. The van der Waals surface area contributed by atoms with Crippen LogP contribution in [0.5, 0.6) is 17.2 Å². The van der Waals surface area contributed by atoms with Gasteiger partial charge in [0.05, 0.1) is 41.7 Å². The van der Waals surface area contributed by atoms with E-state index >= 15 is 0 Å². The first-order chi connectivity index (χ1) is 29.0. The maximum absolute atomic E-state index is 14.1. The summed E-state index contributed by atoms with van der Waals surface area (Å²) in [5.41, 5.74) is 11.0. The fourth-order valence-corrected chi connectivity index (χ4v) is 9.51. The Labute approximate surface area is 352 Å². The fourth-order valence-electron chi connectivity index (χ4n) is 9.51. The van der Waals surface area contributed by atoms with Crippen molar-refractivity contribution in [1.29, 1.82) is 0 Å². The number of rotatable bonds is 11. The van der Waals surface area contributed by atoms with E-state index in [9.17, 15) is 14.4 Å². The average molecular weight is 805 g/mol. The molecule has 0 unspecified atom stereocenters. The van der Waals surface area contributed by atoms with E-state index < -0.39 is 0 Å². The second-order valence-corrected chi connectivity index (χ2v) is 17.1. The van der Waals surface area contributed by atoms with E-state index in [1.165, 1.54) is 11.1 Å². The molecule has 9 rings (SSSR count). The zero-order valence-corrected chi connectivity index (χ0v) is 35.3. The van der Waals surface area contributed by atoms with Gasteiger partial charge in [0.25, 0.3) is 11.8 Å². The van der Waals surface area contributed by atoms with Gasteiger partial charge < -0.3 is 33.8 Å². The predicted octanol–water partition coefficient (Wildman–Crippen LogP) is 8.36. The molecule has 0 bridgehead atoms. The molecule has 0 aromatic heterocycles. The van der Waals surface area contributed by atoms with Crippen LogP contribution in [0.25, 0.3) is 0 Å². The number of aryl methyl sites for hydroxylation is 2. The number of likely N-dealkylation sites (N-methyl/N-ethyl adjacent to an activating group) is 2. The summed E-state index contributed by atoms with van der Waals surface area (Å²) in [6.07, 6.45) is 2.68. The van der Waals surface area contributed by atoms with Crippen LogP contribution < -0.4 is 33.8 Å². The van der Waals surface area contributed by atoms with E-state index in [1.807, 2.05) is 99.3 Å². The van der Waals surface area contributed by atoms with Crippen molar-refractivity contribution < 1.29 is 28.6 Å². The van der Waals surface area contributed by atoms with Gasteiger partial charge in [-0.05, 0) is 89.9 Å². The Morgan fingerprint density at radius 2 is 1.15 bits per heavy atom. The predicted molar refractivity (Wildman–Crippen MR) is 235 cm³/mol. The quantitative estimate of drug-likeness (QED) is 0.132. The van der Waals surface area contributed by atoms with Gasteiger partial charge in [-0.2, -0.15) is 0 Å². The van der Waals surface area contributed by atoms with Crippen molar-refractivity contribution in [3.8, 4) is 17.2 Å². The standard InChI is InChI=1S/C50H52N4O6/c1-30(2)45(55)16-15-32-18-33(28-59-46-24-43-39(17-31(46)3)49(56)53-37(26-51(43)4)21-35-11-7-9-13-41(35)53)20-34(19-32)29-60-48-25-44-40(23-47(48)58-6)50(57)54-38(27-52(44)5)22-36-12-8-10-14-42(36)54/h7-14,17-20,23-25,30,37-38H,15-16,21-22,26-29H2,1-6H3/t37-,38-/m0/s1. The Kier molecular flexibility index (Phi) is 10.3. The lowest BCUT2D eigenvalue weighted by molar-refractivity contribution is -0.121. The van der Waals surface area contributed by atoms with Crippen molar-refractivity contribution in [3.63, 3.8) is 0 Å². The molecule has 0 fully saturated rings. The molecule has 5 aromatic rings. The van der Waals surface area contributed by atoms with Gasteiger partial charge in [0.1, 0.15) is 24.7 Å². The van der Waals surface area contributed by atoms with Crippen molar-refractivity contribution >= 4 is 40.3 Å². The van der Waals surface area contributed by atoms with Crippen LogP contribution in [0.3, 0.4) is 0 Å². The van der Waals surface area contributed by atoms with Gasteiger partial charge in [-0.3, -0.25) is 14.4 Å². The molecule has 4 heterocycles. The third kappa shape index (κ3) is 7.11. The molecule has 0 radical (unpaired) electrons. The molecule has 308 valence electrons. The third-order valence-electron chi connectivity index (χ3n) is 12.6. The number of Topliss-reactive ketones (excluding diaryl/α,β-unsaturated/α-hetero) is 1. The van der Waals surface area contributed by atoms with Crippen LogP contribution in [0.15, 0.2) is 91.0 Å². The maximum Gasteiger partial charge on any atom is 0.260 e. The van der Waals surface area contributed by atoms with Gasteiger partial charge in [0, 0.05) is 63.0 Å². The van der Waals surface area contributed by atoms with E-state index in [-0.39, 0.29) is 48.8 Å². The summed E-state index contributed by atoms with van der Waals surface area (Å²) in [5, 5.41) is 0. The Morgan fingerprint density at radius 1 is 0.650 bits per heavy atom. The number of benzene rings is 5. The molecule has 0 spiro atoms. The minimum atomic E-state index is -0.0449. The zero-order valence-electron chi connectivity index (χ0n) is 35.3. The normalized spacial score (nSPS) is 17.6. The number of fused-ring (bicyclic) bond motifs is 8. The van der Waals surface area contributed by atoms with Gasteiger partial charge in [-0.1, -0.05) is 62.4 Å². The molecular formula is C50H52N4O6. The highest BCUT2D eigenvalue weighted by Crippen LogP contribution is 2.43. The number of amides is 2. The van der Waals surface area contributed by atoms with Crippen LogP contribution >= 0.6 is 0 Å². The number of carbonyl (C=O) groups is 3. The molecule has 0 N–H and O–H groups in total. The number of ether oxygens (including phenoxy) is 3. The number of carbonyl (C=O) groups excluding carboxylic acids is 3. The molecule has 10 nitrogen and oxygen atoms in total. The van der Waals surface area contributed by atoms with Crippen LogP contribution in [0.4, 0.5) is 22.7 Å². The van der Waals surface area contributed by atoms with E-state index in [0.29, 0.717) is 54.3 Å². The number of nitrogens with zero attached hydrogens (tertiary/aromatic N) is 4. The Morgan fingerprint density at radius 3 is 1.70 bits per heavy atom. The first-order valence-electron chi connectivity index (χ1n) is 21.0. The van der Waals surface area contributed by atoms with E-state index in [0.717, 1.165) is 57.8 Å². The van der Waals surface area contributed by atoms with E-state index in [1.54, 1.807) is 13.2 Å². The number of para-hydroxylation sites is 2. The molecular weight excluding hydrogens is 753 g/mol. The second-order valence-electron chi connectivity index (χ2n) is 17.1. The molecule has 5 aromatic carbocycles. The lowest BCUT2D eigenvalue weighted by Gasteiger charge is -2.25. The summed E-state index contributed by atoms with van der Waals surface area (Å²) in [4.78, 5) is 49.2. The summed E-state index contributed by atoms with van der Waals surface area (Å²) in [5.74, 6) is 1.89. The summed E-state index contributed by atoms with van der Waals surface area (Å²) < 4.78 is 18.9. The molecule has 4 aliphatic rings. The van der Waals surface area contributed by atoms with Crippen molar-refractivity contribution in [2.75, 3.05) is 53.9 Å².